The van der Waals surface area contributed by atoms with Gasteiger partial charge in [0.1, 0.15) is 0 Å². The molecule has 1 fully saturated rings. The number of nitriles is 1. The molecule has 1 aliphatic rings. The van der Waals surface area contributed by atoms with Gasteiger partial charge in [-0.1, -0.05) is 24.3 Å². The molecule has 21 heavy (non-hydrogen) atoms. The third-order valence-electron chi connectivity index (χ3n) is 4.18. The van der Waals surface area contributed by atoms with Crippen molar-refractivity contribution < 1.29 is 0 Å². The van der Waals surface area contributed by atoms with E-state index in [-0.39, 0.29) is 6.04 Å². The van der Waals surface area contributed by atoms with Crippen LogP contribution >= 0.6 is 0 Å². The van der Waals surface area contributed by atoms with E-state index in [0.717, 1.165) is 43.9 Å². The van der Waals surface area contributed by atoms with Crippen LogP contribution < -0.4 is 0 Å². The molecule has 0 saturated carbocycles. The Labute approximate surface area is 125 Å². The molecule has 1 atom stereocenters. The van der Waals surface area contributed by atoms with Crippen LogP contribution in [0.5, 0.6) is 0 Å². The van der Waals surface area contributed by atoms with Crippen LogP contribution in [0.1, 0.15) is 12.6 Å². The zero-order chi connectivity index (χ0) is 14.7. The summed E-state index contributed by atoms with van der Waals surface area (Å²) in [5.41, 5.74) is 2.18. The molecule has 1 aromatic carbocycles. The van der Waals surface area contributed by atoms with Gasteiger partial charge in [-0.25, -0.2) is 0 Å². The summed E-state index contributed by atoms with van der Waals surface area (Å²) >= 11 is 0. The van der Waals surface area contributed by atoms with Gasteiger partial charge in [0.2, 0.25) is 0 Å². The normalized spacial score (nSPS) is 18.5. The zero-order valence-corrected chi connectivity index (χ0v) is 12.4. The predicted octanol–water partition coefficient (Wildman–Crippen LogP) is 2.26. The van der Waals surface area contributed by atoms with E-state index in [1.54, 1.807) is 0 Å². The van der Waals surface area contributed by atoms with E-state index in [2.05, 4.69) is 40.1 Å². The highest BCUT2D eigenvalue weighted by molar-refractivity contribution is 5.78. The van der Waals surface area contributed by atoms with E-state index in [1.165, 1.54) is 5.39 Å². The summed E-state index contributed by atoms with van der Waals surface area (Å²) in [5.74, 6) is 0. The Morgan fingerprint density at radius 2 is 1.90 bits per heavy atom. The molecular formula is C17H20N4. The molecule has 0 spiro atoms. The Balaban J connectivity index is 1.63. The van der Waals surface area contributed by atoms with Crippen molar-refractivity contribution >= 4 is 10.9 Å². The van der Waals surface area contributed by atoms with Crippen LogP contribution in [0.2, 0.25) is 0 Å². The van der Waals surface area contributed by atoms with Crippen molar-refractivity contribution in [2.24, 2.45) is 0 Å². The lowest BCUT2D eigenvalue weighted by molar-refractivity contribution is 0.113. The first-order valence-corrected chi connectivity index (χ1v) is 7.47. The van der Waals surface area contributed by atoms with Gasteiger partial charge < -0.3 is 0 Å². The molecule has 1 saturated heterocycles. The van der Waals surface area contributed by atoms with E-state index in [0.29, 0.717) is 0 Å². The van der Waals surface area contributed by atoms with Gasteiger partial charge in [-0.2, -0.15) is 5.26 Å². The predicted molar refractivity (Wildman–Crippen MR) is 83.7 cm³/mol. The zero-order valence-electron chi connectivity index (χ0n) is 12.4. The molecule has 2 heterocycles. The quantitative estimate of drug-likeness (QED) is 0.865. The topological polar surface area (TPSA) is 43.2 Å². The van der Waals surface area contributed by atoms with E-state index in [1.807, 2.05) is 19.1 Å². The standard InChI is InChI=1S/C17H20N4/c1-14(12-18)21-10-8-20(9-11-21)13-16-7-6-15-4-2-3-5-17(15)19-16/h2-7,14H,8-11,13H2,1H3. The highest BCUT2D eigenvalue weighted by Gasteiger charge is 2.20. The lowest BCUT2D eigenvalue weighted by Gasteiger charge is -2.35. The Morgan fingerprint density at radius 1 is 1.14 bits per heavy atom. The van der Waals surface area contributed by atoms with Crippen LogP contribution in [0.15, 0.2) is 36.4 Å². The molecule has 1 unspecified atom stereocenters. The molecule has 1 aromatic heterocycles. The molecule has 3 rings (SSSR count). The molecule has 0 radical (unpaired) electrons. The van der Waals surface area contributed by atoms with Crippen LogP contribution in [0, 0.1) is 11.3 Å². The highest BCUT2D eigenvalue weighted by Crippen LogP contribution is 2.14. The lowest BCUT2D eigenvalue weighted by atomic mass is 10.2. The number of nitrogens with zero attached hydrogens (tertiary/aromatic N) is 4. The number of rotatable bonds is 3. The Bertz CT molecular complexity index is 653. The number of hydrogen-bond acceptors (Lipinski definition) is 4. The molecular weight excluding hydrogens is 260 g/mol. The van der Waals surface area contributed by atoms with Gasteiger partial charge in [0.05, 0.1) is 23.3 Å². The van der Waals surface area contributed by atoms with Crippen molar-refractivity contribution in [3.05, 3.63) is 42.1 Å². The number of benzene rings is 1. The maximum atomic E-state index is 8.97. The fourth-order valence-corrected chi connectivity index (χ4v) is 2.82. The van der Waals surface area contributed by atoms with Crippen molar-refractivity contribution in [3.8, 4) is 6.07 Å². The first kappa shape index (κ1) is 14.0. The third kappa shape index (κ3) is 3.21. The minimum atomic E-state index is 0.0194. The number of para-hydroxylation sites is 1. The lowest BCUT2D eigenvalue weighted by Crippen LogP contribution is -2.48. The Hall–Kier alpha value is -1.96. The minimum Gasteiger partial charge on any atom is -0.295 e. The van der Waals surface area contributed by atoms with Gasteiger partial charge >= 0.3 is 0 Å². The molecule has 2 aromatic rings. The molecule has 108 valence electrons. The van der Waals surface area contributed by atoms with E-state index < -0.39 is 0 Å². The first-order valence-electron chi connectivity index (χ1n) is 7.47. The fourth-order valence-electron chi connectivity index (χ4n) is 2.82. The second-order valence-corrected chi connectivity index (χ2v) is 5.61. The SMILES string of the molecule is CC(C#N)N1CCN(Cc2ccc3ccccc3n2)CC1. The van der Waals surface area contributed by atoms with Crippen molar-refractivity contribution in [3.63, 3.8) is 0 Å². The van der Waals surface area contributed by atoms with Crippen LogP contribution in [0.3, 0.4) is 0 Å². The maximum absolute atomic E-state index is 8.97. The average Bonchev–Trinajstić information content (AvgIpc) is 2.55. The van der Waals surface area contributed by atoms with Crippen molar-refractivity contribution in [2.45, 2.75) is 19.5 Å². The second kappa shape index (κ2) is 6.21. The maximum Gasteiger partial charge on any atom is 0.0950 e. The number of fused-ring (bicyclic) bond motifs is 1. The van der Waals surface area contributed by atoms with Crippen molar-refractivity contribution in [2.75, 3.05) is 26.2 Å². The van der Waals surface area contributed by atoms with Crippen LogP contribution in [-0.2, 0) is 6.54 Å². The summed E-state index contributed by atoms with van der Waals surface area (Å²) in [7, 11) is 0. The largest absolute Gasteiger partial charge is 0.295 e. The summed E-state index contributed by atoms with van der Waals surface area (Å²) in [6.07, 6.45) is 0. The van der Waals surface area contributed by atoms with E-state index in [9.17, 15) is 0 Å². The highest BCUT2D eigenvalue weighted by atomic mass is 15.3. The van der Waals surface area contributed by atoms with E-state index >= 15 is 0 Å². The van der Waals surface area contributed by atoms with Crippen LogP contribution in [0.4, 0.5) is 0 Å². The van der Waals surface area contributed by atoms with Gasteiger partial charge in [0.25, 0.3) is 0 Å². The summed E-state index contributed by atoms with van der Waals surface area (Å²) in [6, 6.07) is 14.8. The molecule has 0 aliphatic carbocycles. The molecule has 0 bridgehead atoms. The second-order valence-electron chi connectivity index (χ2n) is 5.61. The van der Waals surface area contributed by atoms with Crippen molar-refractivity contribution in [1.82, 2.24) is 14.8 Å². The van der Waals surface area contributed by atoms with Crippen LogP contribution in [-0.4, -0.2) is 47.0 Å². The smallest absolute Gasteiger partial charge is 0.0950 e. The van der Waals surface area contributed by atoms with Gasteiger partial charge in [-0.05, 0) is 19.1 Å². The van der Waals surface area contributed by atoms with Crippen molar-refractivity contribution in [1.29, 1.82) is 5.26 Å². The fraction of sp³-hybridized carbons (Fsp3) is 0.412. The first-order chi connectivity index (χ1) is 10.3. The van der Waals surface area contributed by atoms with Gasteiger partial charge in [-0.3, -0.25) is 14.8 Å². The molecule has 0 N–H and O–H groups in total. The molecule has 0 amide bonds. The molecule has 1 aliphatic heterocycles. The minimum absolute atomic E-state index is 0.0194. The summed E-state index contributed by atoms with van der Waals surface area (Å²) < 4.78 is 0. The number of aromatic nitrogens is 1. The Kier molecular flexibility index (Phi) is 4.14. The van der Waals surface area contributed by atoms with Gasteiger partial charge in [0.15, 0.2) is 0 Å². The Morgan fingerprint density at radius 3 is 2.67 bits per heavy atom. The van der Waals surface area contributed by atoms with Gasteiger partial charge in [-0.15, -0.1) is 0 Å². The van der Waals surface area contributed by atoms with E-state index in [4.69, 9.17) is 10.2 Å². The van der Waals surface area contributed by atoms with Crippen LogP contribution in [0.25, 0.3) is 10.9 Å². The number of piperazine rings is 1. The summed E-state index contributed by atoms with van der Waals surface area (Å²) in [5, 5.41) is 10.2. The monoisotopic (exact) mass is 280 g/mol. The van der Waals surface area contributed by atoms with Gasteiger partial charge in [0, 0.05) is 38.1 Å². The number of hydrogen-bond donors (Lipinski definition) is 0. The molecule has 4 nitrogen and oxygen atoms in total. The molecule has 4 heteroatoms. The third-order valence-corrected chi connectivity index (χ3v) is 4.18. The summed E-state index contributed by atoms with van der Waals surface area (Å²) in [6.45, 7) is 6.78. The average molecular weight is 280 g/mol. The summed E-state index contributed by atoms with van der Waals surface area (Å²) in [4.78, 5) is 9.39. The number of pyridine rings is 1.